The highest BCUT2D eigenvalue weighted by molar-refractivity contribution is 6.18. The Hall–Kier alpha value is -2.16. The first-order valence-corrected chi connectivity index (χ1v) is 5.53. The number of imide groups is 1. The van der Waals surface area contributed by atoms with Crippen LogP contribution in [-0.4, -0.2) is 22.0 Å². The number of aromatic nitrogens is 2. The second-order valence-corrected chi connectivity index (χ2v) is 4.46. The van der Waals surface area contributed by atoms with E-state index in [9.17, 15) is 9.59 Å². The second-order valence-electron chi connectivity index (χ2n) is 4.46. The number of amides is 2. The zero-order valence-electron chi connectivity index (χ0n) is 9.01. The van der Waals surface area contributed by atoms with E-state index in [0.29, 0.717) is 6.42 Å². The summed E-state index contributed by atoms with van der Waals surface area (Å²) in [5.74, 6) is -0.340. The average molecular weight is 230 g/mol. The fourth-order valence-electron chi connectivity index (χ4n) is 2.66. The van der Waals surface area contributed by atoms with Crippen LogP contribution in [0.15, 0.2) is 6.20 Å². The fourth-order valence-corrected chi connectivity index (χ4v) is 2.66. The van der Waals surface area contributed by atoms with Crippen molar-refractivity contribution in [2.24, 2.45) is 11.8 Å². The molecule has 1 N–H and O–H groups in total. The molecule has 17 heavy (non-hydrogen) atoms. The maximum absolute atomic E-state index is 12.1. The minimum Gasteiger partial charge on any atom is -0.274 e. The number of rotatable bonds is 1. The molecule has 2 heterocycles. The van der Waals surface area contributed by atoms with Crippen molar-refractivity contribution in [2.45, 2.75) is 19.3 Å². The van der Waals surface area contributed by atoms with E-state index < -0.39 is 0 Å². The van der Waals surface area contributed by atoms with Crippen LogP contribution in [0.25, 0.3) is 0 Å². The van der Waals surface area contributed by atoms with Gasteiger partial charge in [-0.3, -0.25) is 14.7 Å². The number of anilines is 1. The van der Waals surface area contributed by atoms with Gasteiger partial charge in [-0.25, -0.2) is 4.90 Å². The highest BCUT2D eigenvalue weighted by atomic mass is 16.2. The van der Waals surface area contributed by atoms with Gasteiger partial charge in [-0.2, -0.15) is 10.4 Å². The van der Waals surface area contributed by atoms with Gasteiger partial charge >= 0.3 is 0 Å². The lowest BCUT2D eigenvalue weighted by atomic mass is 9.97. The molecule has 0 radical (unpaired) electrons. The van der Waals surface area contributed by atoms with E-state index in [1.54, 1.807) is 0 Å². The number of H-pyrrole nitrogens is 1. The van der Waals surface area contributed by atoms with Gasteiger partial charge in [0.15, 0.2) is 5.82 Å². The van der Waals surface area contributed by atoms with E-state index >= 15 is 0 Å². The molecular formula is C11H10N4O2. The molecule has 1 aromatic heterocycles. The van der Waals surface area contributed by atoms with Gasteiger partial charge in [0, 0.05) is 11.8 Å². The number of hydrogen-bond donors (Lipinski definition) is 1. The molecule has 3 rings (SSSR count). The minimum absolute atomic E-state index is 0.0763. The molecule has 6 heteroatoms. The van der Waals surface area contributed by atoms with Crippen molar-refractivity contribution in [2.75, 3.05) is 4.90 Å². The first kappa shape index (κ1) is 10.0. The Balaban J connectivity index is 2.06. The number of nitrogens with one attached hydrogen (secondary N) is 1. The Bertz CT molecular complexity index is 520. The number of nitriles is 1. The van der Waals surface area contributed by atoms with Gasteiger partial charge in [0.05, 0.1) is 6.20 Å². The lowest BCUT2D eigenvalue weighted by Crippen LogP contribution is -2.47. The first-order valence-electron chi connectivity index (χ1n) is 5.53. The predicted molar refractivity (Wildman–Crippen MR) is 56.6 cm³/mol. The van der Waals surface area contributed by atoms with Crippen molar-refractivity contribution in [1.82, 2.24) is 10.2 Å². The highest BCUT2D eigenvalue weighted by Crippen LogP contribution is 2.39. The quantitative estimate of drug-likeness (QED) is 0.714. The van der Waals surface area contributed by atoms with E-state index in [2.05, 4.69) is 10.2 Å². The number of nitrogens with zero attached hydrogens (tertiary/aromatic N) is 3. The molecule has 0 aromatic carbocycles. The zero-order chi connectivity index (χ0) is 12.0. The molecule has 2 atom stereocenters. The third kappa shape index (κ3) is 1.29. The molecule has 2 aliphatic rings. The van der Waals surface area contributed by atoms with Crippen LogP contribution in [0.5, 0.6) is 0 Å². The summed E-state index contributed by atoms with van der Waals surface area (Å²) in [6, 6.07) is 1.92. The van der Waals surface area contributed by atoms with E-state index in [1.165, 1.54) is 6.20 Å². The number of hydrogen-bond acceptors (Lipinski definition) is 4. The highest BCUT2D eigenvalue weighted by Gasteiger charge is 2.46. The number of aromatic amines is 1. The molecule has 1 aromatic rings. The number of fused-ring (bicyclic) bond motifs is 2. The number of carbonyl (C=O) groups excluding carboxylic acids is 2. The molecule has 6 nitrogen and oxygen atoms in total. The molecule has 2 bridgehead atoms. The second kappa shape index (κ2) is 3.42. The largest absolute Gasteiger partial charge is 0.274 e. The summed E-state index contributed by atoms with van der Waals surface area (Å²) in [4.78, 5) is 25.3. The van der Waals surface area contributed by atoms with Crippen molar-refractivity contribution < 1.29 is 9.59 Å². The Kier molecular flexibility index (Phi) is 2.01. The zero-order valence-corrected chi connectivity index (χ0v) is 9.01. The number of carbonyl (C=O) groups is 2. The lowest BCUT2D eigenvalue weighted by molar-refractivity contribution is -0.133. The Morgan fingerprint density at radius 1 is 1.35 bits per heavy atom. The van der Waals surface area contributed by atoms with Crippen molar-refractivity contribution in [1.29, 1.82) is 5.26 Å². The van der Waals surface area contributed by atoms with Crippen LogP contribution in [0.4, 0.5) is 5.82 Å². The van der Waals surface area contributed by atoms with Crippen LogP contribution in [0.3, 0.4) is 0 Å². The van der Waals surface area contributed by atoms with Crippen LogP contribution in [0.2, 0.25) is 0 Å². The average Bonchev–Trinajstić information content (AvgIpc) is 2.95. The van der Waals surface area contributed by atoms with Crippen molar-refractivity contribution in [3.8, 4) is 6.07 Å². The van der Waals surface area contributed by atoms with Crippen LogP contribution >= 0.6 is 0 Å². The third-order valence-corrected chi connectivity index (χ3v) is 3.54. The predicted octanol–water partition coefficient (Wildman–Crippen LogP) is 0.571. The van der Waals surface area contributed by atoms with Crippen LogP contribution in [0.1, 0.15) is 24.8 Å². The summed E-state index contributed by atoms with van der Waals surface area (Å²) in [6.45, 7) is 0. The Labute approximate surface area is 97.2 Å². The van der Waals surface area contributed by atoms with Gasteiger partial charge in [-0.15, -0.1) is 0 Å². The topological polar surface area (TPSA) is 89.8 Å². The van der Waals surface area contributed by atoms with Crippen molar-refractivity contribution in [3.05, 3.63) is 11.8 Å². The summed E-state index contributed by atoms with van der Waals surface area (Å²) in [6.07, 6.45) is 3.51. The molecule has 1 aliphatic carbocycles. The maximum Gasteiger partial charge on any atom is 0.238 e. The van der Waals surface area contributed by atoms with Gasteiger partial charge in [0.1, 0.15) is 11.6 Å². The minimum atomic E-state index is -0.204. The van der Waals surface area contributed by atoms with E-state index in [1.807, 2.05) is 6.07 Å². The summed E-state index contributed by atoms with van der Waals surface area (Å²) in [7, 11) is 0. The van der Waals surface area contributed by atoms with E-state index in [0.717, 1.165) is 17.7 Å². The van der Waals surface area contributed by atoms with Gasteiger partial charge < -0.3 is 0 Å². The number of piperidine rings is 1. The molecule has 1 aliphatic heterocycles. The summed E-state index contributed by atoms with van der Waals surface area (Å²) in [5.41, 5.74) is 0.230. The molecule has 1 saturated carbocycles. The lowest BCUT2D eigenvalue weighted by Gasteiger charge is -2.28. The van der Waals surface area contributed by atoms with Gasteiger partial charge in [-0.05, 0) is 19.3 Å². The molecule has 2 amide bonds. The Morgan fingerprint density at radius 3 is 2.59 bits per heavy atom. The van der Waals surface area contributed by atoms with Crippen LogP contribution in [-0.2, 0) is 9.59 Å². The smallest absolute Gasteiger partial charge is 0.238 e. The molecule has 2 unspecified atom stereocenters. The van der Waals surface area contributed by atoms with Gasteiger partial charge in [0.25, 0.3) is 0 Å². The molecule has 2 fully saturated rings. The third-order valence-electron chi connectivity index (χ3n) is 3.54. The summed E-state index contributed by atoms with van der Waals surface area (Å²) >= 11 is 0. The fraction of sp³-hybridized carbons (Fsp3) is 0.455. The molecule has 1 saturated heterocycles. The molecule has 0 spiro atoms. The maximum atomic E-state index is 12.1. The van der Waals surface area contributed by atoms with Gasteiger partial charge in [0.2, 0.25) is 11.8 Å². The van der Waals surface area contributed by atoms with Gasteiger partial charge in [-0.1, -0.05) is 0 Å². The summed E-state index contributed by atoms with van der Waals surface area (Å²) < 4.78 is 0. The standard InChI is InChI=1S/C11H10N4O2/c12-4-8-5-13-14-9(8)15-10(16)6-1-2-7(3-6)11(15)17/h5-7H,1-3H2,(H,13,14). The van der Waals surface area contributed by atoms with Crippen LogP contribution < -0.4 is 4.90 Å². The first-order chi connectivity index (χ1) is 8.22. The van der Waals surface area contributed by atoms with Crippen LogP contribution in [0, 0.1) is 23.2 Å². The Morgan fingerprint density at radius 2 is 2.00 bits per heavy atom. The molecular weight excluding hydrogens is 220 g/mol. The van der Waals surface area contributed by atoms with E-state index in [-0.39, 0.29) is 35.0 Å². The monoisotopic (exact) mass is 230 g/mol. The van der Waals surface area contributed by atoms with E-state index in [4.69, 9.17) is 5.26 Å². The van der Waals surface area contributed by atoms with Crippen molar-refractivity contribution >= 4 is 17.6 Å². The van der Waals surface area contributed by atoms with Crippen molar-refractivity contribution in [3.63, 3.8) is 0 Å². The normalized spacial score (nSPS) is 27.4. The summed E-state index contributed by atoms with van der Waals surface area (Å²) in [5, 5.41) is 15.2. The molecule has 86 valence electrons. The SMILES string of the molecule is N#Cc1cn[nH]c1N1C(=O)C2CCC(C2)C1=O.